The maximum atomic E-state index is 5.58. The fourth-order valence-corrected chi connectivity index (χ4v) is 2.58. The van der Waals surface area contributed by atoms with Crippen molar-refractivity contribution in [3.05, 3.63) is 10.6 Å². The van der Waals surface area contributed by atoms with Gasteiger partial charge in [-0.2, -0.15) is 5.10 Å². The Balaban J connectivity index is 1.94. The molecule has 2 aliphatic rings. The van der Waals surface area contributed by atoms with Crippen molar-refractivity contribution in [2.45, 2.75) is 44.2 Å². The molecule has 1 N–H and O–H groups in total. The summed E-state index contributed by atoms with van der Waals surface area (Å²) >= 11 is 5.26. The monoisotopic (exact) mass is 225 g/mol. The molecular formula is C10H15N3OS. The van der Waals surface area contributed by atoms with Crippen LogP contribution in [0, 0.1) is 4.77 Å². The Kier molecular flexibility index (Phi) is 2.17. The summed E-state index contributed by atoms with van der Waals surface area (Å²) in [5.74, 6) is 1.53. The van der Waals surface area contributed by atoms with Crippen LogP contribution < -0.4 is 0 Å². The number of aromatic amines is 1. The van der Waals surface area contributed by atoms with Crippen LogP contribution in [0.2, 0.25) is 0 Å². The molecule has 2 unspecified atom stereocenters. The van der Waals surface area contributed by atoms with Gasteiger partial charge in [0.05, 0.1) is 12.7 Å². The summed E-state index contributed by atoms with van der Waals surface area (Å²) in [6.07, 6.45) is 3.90. The van der Waals surface area contributed by atoms with Gasteiger partial charge in [-0.25, -0.2) is 0 Å². The van der Waals surface area contributed by atoms with Crippen LogP contribution in [-0.2, 0) is 4.74 Å². The molecule has 0 bridgehead atoms. The van der Waals surface area contributed by atoms with Gasteiger partial charge in [-0.1, -0.05) is 0 Å². The van der Waals surface area contributed by atoms with Crippen molar-refractivity contribution >= 4 is 12.2 Å². The van der Waals surface area contributed by atoms with Gasteiger partial charge in [0.25, 0.3) is 0 Å². The van der Waals surface area contributed by atoms with Crippen LogP contribution in [0.4, 0.5) is 0 Å². The van der Waals surface area contributed by atoms with Crippen LogP contribution in [0.3, 0.4) is 0 Å². The predicted molar refractivity (Wildman–Crippen MR) is 58.5 cm³/mol. The van der Waals surface area contributed by atoms with Gasteiger partial charge >= 0.3 is 0 Å². The van der Waals surface area contributed by atoms with Gasteiger partial charge < -0.3 is 9.30 Å². The third-order valence-electron chi connectivity index (χ3n) is 3.21. The lowest BCUT2D eigenvalue weighted by molar-refractivity contribution is 0.123. The van der Waals surface area contributed by atoms with Crippen molar-refractivity contribution in [3.8, 4) is 0 Å². The average molecular weight is 225 g/mol. The first-order chi connectivity index (χ1) is 7.25. The van der Waals surface area contributed by atoms with Crippen LogP contribution in [0.1, 0.15) is 44.0 Å². The molecule has 0 aromatic carbocycles. The van der Waals surface area contributed by atoms with E-state index >= 15 is 0 Å². The van der Waals surface area contributed by atoms with E-state index < -0.39 is 0 Å². The fraction of sp³-hybridized carbons (Fsp3) is 0.800. The Morgan fingerprint density at radius 3 is 2.93 bits per heavy atom. The summed E-state index contributed by atoms with van der Waals surface area (Å²) in [5, 5.41) is 7.27. The van der Waals surface area contributed by atoms with Crippen LogP contribution in [-0.4, -0.2) is 27.5 Å². The highest BCUT2D eigenvalue weighted by Gasteiger charge is 2.33. The van der Waals surface area contributed by atoms with Crippen LogP contribution in [0.25, 0.3) is 0 Å². The second-order valence-corrected chi connectivity index (χ2v) is 4.95. The largest absolute Gasteiger partial charge is 0.378 e. The normalized spacial score (nSPS) is 31.0. The lowest BCUT2D eigenvalue weighted by Gasteiger charge is -2.09. The van der Waals surface area contributed by atoms with Gasteiger partial charge in [0, 0.05) is 12.0 Å². The van der Waals surface area contributed by atoms with Crippen molar-refractivity contribution in [2.24, 2.45) is 0 Å². The van der Waals surface area contributed by atoms with E-state index in [1.807, 2.05) is 0 Å². The smallest absolute Gasteiger partial charge is 0.195 e. The topological polar surface area (TPSA) is 42.8 Å². The second kappa shape index (κ2) is 3.42. The van der Waals surface area contributed by atoms with E-state index in [-0.39, 0.29) is 0 Å². The van der Waals surface area contributed by atoms with E-state index in [9.17, 15) is 0 Å². The highest BCUT2D eigenvalue weighted by atomic mass is 32.1. The number of nitrogens with one attached hydrogen (secondary N) is 1. The lowest BCUT2D eigenvalue weighted by Crippen LogP contribution is -2.08. The Hall–Kier alpha value is -0.680. The summed E-state index contributed by atoms with van der Waals surface area (Å²) in [7, 11) is 0. The Morgan fingerprint density at radius 1 is 1.53 bits per heavy atom. The first-order valence-corrected chi connectivity index (χ1v) is 5.95. The van der Waals surface area contributed by atoms with Crippen molar-refractivity contribution in [1.82, 2.24) is 14.8 Å². The summed E-state index contributed by atoms with van der Waals surface area (Å²) < 4.78 is 8.55. The molecule has 1 aromatic heterocycles. The Bertz CT molecular complexity index is 421. The zero-order chi connectivity index (χ0) is 10.4. The zero-order valence-corrected chi connectivity index (χ0v) is 9.59. The number of rotatable bonds is 2. The lowest BCUT2D eigenvalue weighted by atomic mass is 10.1. The Labute approximate surface area is 93.6 Å². The van der Waals surface area contributed by atoms with E-state index in [0.29, 0.717) is 18.1 Å². The van der Waals surface area contributed by atoms with Crippen molar-refractivity contribution in [2.75, 3.05) is 6.61 Å². The Morgan fingerprint density at radius 2 is 2.33 bits per heavy atom. The van der Waals surface area contributed by atoms with E-state index in [4.69, 9.17) is 17.0 Å². The maximum absolute atomic E-state index is 5.58. The van der Waals surface area contributed by atoms with Crippen molar-refractivity contribution in [3.63, 3.8) is 0 Å². The minimum absolute atomic E-state index is 0.355. The molecule has 2 heterocycles. The molecule has 5 heteroatoms. The molecule has 82 valence electrons. The van der Waals surface area contributed by atoms with Gasteiger partial charge in [-0.05, 0) is 38.4 Å². The summed E-state index contributed by atoms with van der Waals surface area (Å²) in [5.41, 5.74) is 0. The predicted octanol–water partition coefficient (Wildman–Crippen LogP) is 2.17. The molecule has 0 radical (unpaired) electrons. The number of aromatic nitrogens is 3. The number of hydrogen-bond donors (Lipinski definition) is 1. The van der Waals surface area contributed by atoms with Gasteiger partial charge in [-0.15, -0.1) is 0 Å². The van der Waals surface area contributed by atoms with E-state index in [2.05, 4.69) is 21.7 Å². The second-order valence-electron chi connectivity index (χ2n) is 4.56. The first-order valence-electron chi connectivity index (χ1n) is 5.54. The molecule has 15 heavy (non-hydrogen) atoms. The molecule has 1 aliphatic heterocycles. The molecular weight excluding hydrogens is 210 g/mol. The number of H-pyrrole nitrogens is 1. The van der Waals surface area contributed by atoms with Gasteiger partial charge in [0.15, 0.2) is 4.77 Å². The fourth-order valence-electron chi connectivity index (χ4n) is 2.29. The summed E-state index contributed by atoms with van der Waals surface area (Å²) in [6, 6.07) is 0.599. The number of ether oxygens (including phenoxy) is 1. The first kappa shape index (κ1) is 9.54. The van der Waals surface area contributed by atoms with E-state index in [1.165, 1.54) is 12.8 Å². The molecule has 1 aliphatic carbocycles. The third kappa shape index (κ3) is 1.63. The summed E-state index contributed by atoms with van der Waals surface area (Å²) in [6.45, 7) is 2.90. The molecule has 0 amide bonds. The van der Waals surface area contributed by atoms with Crippen molar-refractivity contribution < 1.29 is 4.74 Å². The van der Waals surface area contributed by atoms with Gasteiger partial charge in [0.1, 0.15) is 5.82 Å². The molecule has 1 saturated heterocycles. The van der Waals surface area contributed by atoms with Crippen LogP contribution in [0.5, 0.6) is 0 Å². The minimum Gasteiger partial charge on any atom is -0.378 e. The van der Waals surface area contributed by atoms with Crippen LogP contribution in [0.15, 0.2) is 0 Å². The van der Waals surface area contributed by atoms with Crippen molar-refractivity contribution in [1.29, 1.82) is 0 Å². The molecule has 4 nitrogen and oxygen atoms in total. The minimum atomic E-state index is 0.355. The van der Waals surface area contributed by atoms with Crippen LogP contribution >= 0.6 is 12.2 Å². The summed E-state index contributed by atoms with van der Waals surface area (Å²) in [4.78, 5) is 0. The van der Waals surface area contributed by atoms with Gasteiger partial charge in [-0.3, -0.25) is 5.10 Å². The highest BCUT2D eigenvalue weighted by molar-refractivity contribution is 7.71. The molecule has 2 fully saturated rings. The average Bonchev–Trinajstić information content (AvgIpc) is 2.84. The highest BCUT2D eigenvalue weighted by Crippen LogP contribution is 2.39. The quantitative estimate of drug-likeness (QED) is 0.784. The molecule has 0 spiro atoms. The maximum Gasteiger partial charge on any atom is 0.195 e. The van der Waals surface area contributed by atoms with E-state index in [1.54, 1.807) is 0 Å². The zero-order valence-electron chi connectivity index (χ0n) is 8.77. The standard InChI is InChI=1S/C10H15N3OS/c1-6-4-7(5-14-6)9-11-12-10(15)13(9)8-2-3-8/h6-8H,2-5H2,1H3,(H,12,15). The number of hydrogen-bond acceptors (Lipinski definition) is 3. The molecule has 3 rings (SSSR count). The molecule has 2 atom stereocenters. The van der Waals surface area contributed by atoms with E-state index in [0.717, 1.165) is 23.6 Å². The molecule has 1 aromatic rings. The number of nitrogens with zero attached hydrogens (tertiary/aromatic N) is 2. The SMILES string of the molecule is CC1CC(c2n[nH]c(=S)n2C2CC2)CO1. The molecule has 1 saturated carbocycles. The third-order valence-corrected chi connectivity index (χ3v) is 3.50. The van der Waals surface area contributed by atoms with Gasteiger partial charge in [0.2, 0.25) is 0 Å².